The number of rotatable bonds is 2. The van der Waals surface area contributed by atoms with Crippen molar-refractivity contribution in [2.45, 2.75) is 32.0 Å². The molecule has 1 fully saturated rings. The van der Waals surface area contributed by atoms with Crippen molar-refractivity contribution in [1.29, 1.82) is 0 Å². The second kappa shape index (κ2) is 3.81. The summed E-state index contributed by atoms with van der Waals surface area (Å²) in [7, 11) is 0. The third kappa shape index (κ3) is 1.70. The van der Waals surface area contributed by atoms with Crippen molar-refractivity contribution in [2.24, 2.45) is 11.3 Å². The van der Waals surface area contributed by atoms with Gasteiger partial charge in [0, 0.05) is 11.3 Å². The molecule has 1 aromatic rings. The van der Waals surface area contributed by atoms with E-state index in [1.165, 1.54) is 17.5 Å². The molecular weight excluding hydrogens is 265 g/mol. The van der Waals surface area contributed by atoms with Gasteiger partial charge in [-0.05, 0) is 16.9 Å². The molecule has 1 saturated carbocycles. The van der Waals surface area contributed by atoms with Gasteiger partial charge >= 0.3 is 6.18 Å². The molecule has 0 amide bonds. The molecule has 0 spiro atoms. The first-order chi connectivity index (χ1) is 8.11. The summed E-state index contributed by atoms with van der Waals surface area (Å²) in [5.41, 5.74) is -3.91. The van der Waals surface area contributed by atoms with Crippen LogP contribution in [0.25, 0.3) is 0 Å². The van der Waals surface area contributed by atoms with E-state index in [2.05, 4.69) is 0 Å². The lowest BCUT2D eigenvalue weighted by atomic mass is 9.54. The maximum atomic E-state index is 13.3. The summed E-state index contributed by atoms with van der Waals surface area (Å²) in [4.78, 5) is 11.4. The van der Waals surface area contributed by atoms with Crippen LogP contribution in [0.1, 0.15) is 25.1 Å². The summed E-state index contributed by atoms with van der Waals surface area (Å²) in [5, 5.41) is 11.7. The maximum absolute atomic E-state index is 13.3. The lowest BCUT2D eigenvalue weighted by Crippen LogP contribution is -2.61. The number of thiophene rings is 1. The van der Waals surface area contributed by atoms with Crippen LogP contribution in [0.15, 0.2) is 17.5 Å². The van der Waals surface area contributed by atoms with Crippen molar-refractivity contribution in [1.82, 2.24) is 0 Å². The molecule has 1 aromatic heterocycles. The number of hydrogen-bond donors (Lipinski definition) is 1. The van der Waals surface area contributed by atoms with Crippen LogP contribution in [0.4, 0.5) is 13.2 Å². The molecule has 1 N–H and O–H groups in total. The Kier molecular flexibility index (Phi) is 2.86. The molecule has 0 aromatic carbocycles. The van der Waals surface area contributed by atoms with Crippen molar-refractivity contribution >= 4 is 17.1 Å². The normalized spacial score (nSPS) is 26.6. The largest absolute Gasteiger partial charge is 0.423 e. The summed E-state index contributed by atoms with van der Waals surface area (Å²) in [6.45, 7) is 3.15. The molecule has 0 aliphatic heterocycles. The average Bonchev–Trinajstić information content (AvgIpc) is 2.66. The maximum Gasteiger partial charge on any atom is 0.423 e. The summed E-state index contributed by atoms with van der Waals surface area (Å²) >= 11 is 0.815. The molecule has 0 saturated heterocycles. The number of ketones is 1. The topological polar surface area (TPSA) is 37.3 Å². The summed E-state index contributed by atoms with van der Waals surface area (Å²) in [6.07, 6.45) is -4.79. The van der Waals surface area contributed by atoms with Crippen molar-refractivity contribution in [3.8, 4) is 0 Å². The first kappa shape index (κ1) is 13.5. The quantitative estimate of drug-likeness (QED) is 0.902. The third-order valence-electron chi connectivity index (χ3n) is 3.48. The molecule has 2 atom stereocenters. The Morgan fingerprint density at radius 1 is 1.44 bits per heavy atom. The van der Waals surface area contributed by atoms with Gasteiger partial charge < -0.3 is 5.11 Å². The van der Waals surface area contributed by atoms with Gasteiger partial charge in [-0.15, -0.1) is 11.3 Å². The van der Waals surface area contributed by atoms with E-state index in [4.69, 9.17) is 0 Å². The van der Waals surface area contributed by atoms with E-state index in [1.807, 2.05) is 0 Å². The second-order valence-corrected chi connectivity index (χ2v) is 6.25. The van der Waals surface area contributed by atoms with Gasteiger partial charge in [0.15, 0.2) is 0 Å². The summed E-state index contributed by atoms with van der Waals surface area (Å²) < 4.78 is 39.8. The molecule has 100 valence electrons. The summed E-state index contributed by atoms with van der Waals surface area (Å²) in [5.74, 6) is -1.96. The Labute approximate surface area is 106 Å². The number of carbonyl (C=O) groups is 1. The number of alkyl halides is 3. The SMILES string of the molecule is CC1(C)CC(=O)C1C(O)(c1cccs1)C(F)(F)F. The van der Waals surface area contributed by atoms with E-state index in [0.717, 1.165) is 11.3 Å². The molecule has 2 unspecified atom stereocenters. The fourth-order valence-corrected chi connectivity index (χ4v) is 3.57. The Bertz CT molecular complexity index is 464. The fourth-order valence-electron chi connectivity index (χ4n) is 2.70. The molecule has 1 heterocycles. The van der Waals surface area contributed by atoms with Crippen LogP contribution < -0.4 is 0 Å². The standard InChI is InChI=1S/C12H13F3O2S/c1-10(2)6-7(16)9(10)11(17,12(13,14)15)8-4-3-5-18-8/h3-5,9,17H,6H2,1-2H3. The van der Waals surface area contributed by atoms with Gasteiger partial charge in [-0.2, -0.15) is 13.2 Å². The first-order valence-corrected chi connectivity index (χ1v) is 6.34. The smallest absolute Gasteiger partial charge is 0.375 e. The lowest BCUT2D eigenvalue weighted by Gasteiger charge is -2.51. The van der Waals surface area contributed by atoms with Gasteiger partial charge in [-0.3, -0.25) is 4.79 Å². The van der Waals surface area contributed by atoms with Gasteiger partial charge in [0.2, 0.25) is 5.60 Å². The summed E-state index contributed by atoms with van der Waals surface area (Å²) in [6, 6.07) is 2.66. The number of hydrogen-bond acceptors (Lipinski definition) is 3. The third-order valence-corrected chi connectivity index (χ3v) is 4.47. The van der Waals surface area contributed by atoms with Gasteiger partial charge in [0.05, 0.1) is 5.92 Å². The number of aliphatic hydroxyl groups is 1. The highest BCUT2D eigenvalue weighted by Crippen LogP contribution is 2.58. The van der Waals surface area contributed by atoms with E-state index in [0.29, 0.717) is 0 Å². The predicted molar refractivity (Wildman–Crippen MR) is 61.2 cm³/mol. The highest BCUT2D eigenvalue weighted by Gasteiger charge is 2.69. The van der Waals surface area contributed by atoms with Gasteiger partial charge in [-0.1, -0.05) is 19.9 Å². The molecular formula is C12H13F3O2S. The van der Waals surface area contributed by atoms with E-state index < -0.39 is 28.9 Å². The van der Waals surface area contributed by atoms with Crippen LogP contribution >= 0.6 is 11.3 Å². The van der Waals surface area contributed by atoms with Crippen molar-refractivity contribution in [3.63, 3.8) is 0 Å². The molecule has 2 nitrogen and oxygen atoms in total. The molecule has 1 aliphatic carbocycles. The minimum atomic E-state index is -4.87. The zero-order chi connectivity index (χ0) is 13.8. The molecule has 1 aliphatic rings. The van der Waals surface area contributed by atoms with E-state index in [9.17, 15) is 23.1 Å². The lowest BCUT2D eigenvalue weighted by molar-refractivity contribution is -0.300. The number of carbonyl (C=O) groups excluding carboxylic acids is 1. The van der Waals surface area contributed by atoms with Crippen LogP contribution in [0.5, 0.6) is 0 Å². The van der Waals surface area contributed by atoms with Crippen LogP contribution in [0.2, 0.25) is 0 Å². The molecule has 0 bridgehead atoms. The minimum absolute atomic E-state index is 0.0709. The van der Waals surface area contributed by atoms with Crippen molar-refractivity contribution in [2.75, 3.05) is 0 Å². The van der Waals surface area contributed by atoms with Crippen LogP contribution in [-0.4, -0.2) is 17.1 Å². The van der Waals surface area contributed by atoms with Gasteiger partial charge in [0.1, 0.15) is 5.78 Å². The second-order valence-electron chi connectivity index (χ2n) is 5.31. The van der Waals surface area contributed by atoms with Gasteiger partial charge in [-0.25, -0.2) is 0 Å². The minimum Gasteiger partial charge on any atom is -0.375 e. The Hall–Kier alpha value is -0.880. The molecule has 2 rings (SSSR count). The highest BCUT2D eigenvalue weighted by molar-refractivity contribution is 7.10. The van der Waals surface area contributed by atoms with Crippen LogP contribution in [0.3, 0.4) is 0 Å². The molecule has 0 radical (unpaired) electrons. The Morgan fingerprint density at radius 2 is 2.06 bits per heavy atom. The fraction of sp³-hybridized carbons (Fsp3) is 0.583. The van der Waals surface area contributed by atoms with Crippen LogP contribution in [0, 0.1) is 11.3 Å². The Morgan fingerprint density at radius 3 is 2.39 bits per heavy atom. The Balaban J connectivity index is 2.54. The van der Waals surface area contributed by atoms with Crippen LogP contribution in [-0.2, 0) is 10.4 Å². The van der Waals surface area contributed by atoms with E-state index in [-0.39, 0.29) is 11.3 Å². The number of halogens is 3. The van der Waals surface area contributed by atoms with Crippen molar-refractivity contribution < 1.29 is 23.1 Å². The highest BCUT2D eigenvalue weighted by atomic mass is 32.1. The zero-order valence-corrected chi connectivity index (χ0v) is 10.7. The number of Topliss-reactive ketones (excluding diaryl/α,β-unsaturated/α-hetero) is 1. The predicted octanol–water partition coefficient (Wildman–Crippen LogP) is 3.11. The average molecular weight is 278 g/mol. The van der Waals surface area contributed by atoms with Gasteiger partial charge in [0.25, 0.3) is 0 Å². The zero-order valence-electron chi connectivity index (χ0n) is 9.91. The first-order valence-electron chi connectivity index (χ1n) is 5.46. The van der Waals surface area contributed by atoms with E-state index in [1.54, 1.807) is 13.8 Å². The molecule has 6 heteroatoms. The van der Waals surface area contributed by atoms with E-state index >= 15 is 0 Å². The molecule has 18 heavy (non-hydrogen) atoms. The van der Waals surface area contributed by atoms with Crippen molar-refractivity contribution in [3.05, 3.63) is 22.4 Å². The monoisotopic (exact) mass is 278 g/mol.